The number of ether oxygens (including phenoxy) is 1. The number of hydrogen-bond acceptors (Lipinski definition) is 5. The van der Waals surface area contributed by atoms with Crippen LogP contribution in [0.1, 0.15) is 31.7 Å². The first-order chi connectivity index (χ1) is 16.2. The van der Waals surface area contributed by atoms with E-state index in [9.17, 15) is 22.0 Å². The molecule has 1 aromatic heterocycles. The predicted molar refractivity (Wildman–Crippen MR) is 124 cm³/mol. The maximum absolute atomic E-state index is 12.8. The molecule has 0 bridgehead atoms. The zero-order valence-corrected chi connectivity index (χ0v) is 20.1. The number of imidazole rings is 1. The fourth-order valence-corrected chi connectivity index (χ4v) is 5.17. The Morgan fingerprint density at radius 3 is 2.56 bits per heavy atom. The minimum Gasteiger partial charge on any atom is -0.434 e. The second-order valence-electron chi connectivity index (χ2n) is 7.59. The van der Waals surface area contributed by atoms with E-state index >= 15 is 0 Å². The molecule has 3 rings (SSSR count). The van der Waals surface area contributed by atoms with Crippen LogP contribution < -0.4 is 10.1 Å². The number of alkyl halides is 2. The van der Waals surface area contributed by atoms with Crippen molar-refractivity contribution in [2.75, 3.05) is 13.1 Å². The molecule has 0 saturated carbocycles. The van der Waals surface area contributed by atoms with Gasteiger partial charge in [0.1, 0.15) is 11.6 Å². The maximum Gasteiger partial charge on any atom is 0.387 e. The van der Waals surface area contributed by atoms with Gasteiger partial charge in [0.2, 0.25) is 15.9 Å². The number of nitrogens with zero attached hydrogens (tertiary/aromatic N) is 3. The molecule has 1 amide bonds. The van der Waals surface area contributed by atoms with Gasteiger partial charge in [0.15, 0.2) is 0 Å². The molecule has 34 heavy (non-hydrogen) atoms. The van der Waals surface area contributed by atoms with Gasteiger partial charge in [-0.25, -0.2) is 13.4 Å². The zero-order valence-electron chi connectivity index (χ0n) is 19.3. The van der Waals surface area contributed by atoms with E-state index in [0.717, 1.165) is 5.52 Å². The van der Waals surface area contributed by atoms with Crippen LogP contribution in [0.15, 0.2) is 47.4 Å². The number of halogens is 2. The van der Waals surface area contributed by atoms with Gasteiger partial charge in [0.25, 0.3) is 0 Å². The van der Waals surface area contributed by atoms with Crippen molar-refractivity contribution in [3.63, 3.8) is 0 Å². The number of rotatable bonds is 11. The lowest BCUT2D eigenvalue weighted by molar-refractivity contribution is -0.121. The van der Waals surface area contributed by atoms with E-state index in [1.165, 1.54) is 10.4 Å². The average Bonchev–Trinajstić information content (AvgIpc) is 3.12. The Hall–Kier alpha value is -3.05. The first-order valence-corrected chi connectivity index (χ1v) is 12.4. The number of carbonyl (C=O) groups excluding carboxylic acids is 1. The van der Waals surface area contributed by atoms with Crippen LogP contribution in [0.5, 0.6) is 5.75 Å². The molecule has 0 radical (unpaired) electrons. The van der Waals surface area contributed by atoms with Crippen LogP contribution in [0.4, 0.5) is 8.78 Å². The summed E-state index contributed by atoms with van der Waals surface area (Å²) < 4.78 is 58.4. The molecule has 8 nitrogen and oxygen atoms in total. The topological polar surface area (TPSA) is 93.5 Å². The summed E-state index contributed by atoms with van der Waals surface area (Å²) in [6.45, 7) is 1.42. The third kappa shape index (κ3) is 5.71. The van der Waals surface area contributed by atoms with Crippen molar-refractivity contribution in [1.82, 2.24) is 19.2 Å². The number of nitrogens with one attached hydrogen (secondary N) is 1. The van der Waals surface area contributed by atoms with Gasteiger partial charge < -0.3 is 14.6 Å². The number of sulfonamides is 1. The number of amides is 1. The number of fused-ring (bicyclic) bond motifs is 1. The first kappa shape index (κ1) is 25.6. The monoisotopic (exact) mass is 494 g/mol. The van der Waals surface area contributed by atoms with Crippen LogP contribution in [-0.2, 0) is 34.8 Å². The minimum absolute atomic E-state index is 0.0172. The van der Waals surface area contributed by atoms with Crippen molar-refractivity contribution in [3.05, 3.63) is 53.9 Å². The maximum atomic E-state index is 12.8. The number of carbonyl (C=O) groups is 1. The van der Waals surface area contributed by atoms with Gasteiger partial charge in [-0.2, -0.15) is 13.1 Å². The summed E-state index contributed by atoms with van der Waals surface area (Å²) in [7, 11) is -1.80. The fraction of sp³-hybridized carbons (Fsp3) is 0.391. The summed E-state index contributed by atoms with van der Waals surface area (Å²) in [6.07, 6.45) is 0.448. The van der Waals surface area contributed by atoms with E-state index < -0.39 is 16.6 Å². The van der Waals surface area contributed by atoms with E-state index in [-0.39, 0.29) is 29.5 Å². The molecule has 0 aliphatic heterocycles. The Bertz CT molecular complexity index is 1260. The molecule has 3 aromatic rings. The van der Waals surface area contributed by atoms with Crippen molar-refractivity contribution in [2.24, 2.45) is 7.05 Å². The predicted octanol–water partition coefficient (Wildman–Crippen LogP) is 3.45. The molecule has 0 aliphatic rings. The minimum atomic E-state index is -3.60. The van der Waals surface area contributed by atoms with Crippen molar-refractivity contribution in [2.45, 2.75) is 44.7 Å². The van der Waals surface area contributed by atoms with Crippen molar-refractivity contribution < 1.29 is 26.7 Å². The highest BCUT2D eigenvalue weighted by Crippen LogP contribution is 2.23. The van der Waals surface area contributed by atoms with Crippen LogP contribution in [0.2, 0.25) is 0 Å². The van der Waals surface area contributed by atoms with Crippen LogP contribution in [0, 0.1) is 0 Å². The summed E-state index contributed by atoms with van der Waals surface area (Å²) in [4.78, 5) is 17.1. The van der Waals surface area contributed by atoms with E-state index in [1.54, 1.807) is 57.3 Å². The molecule has 11 heteroatoms. The van der Waals surface area contributed by atoms with Crippen molar-refractivity contribution in [1.29, 1.82) is 0 Å². The summed E-state index contributed by atoms with van der Waals surface area (Å²) in [5, 5.41) is 2.70. The Kier molecular flexibility index (Phi) is 8.21. The quantitative estimate of drug-likeness (QED) is 0.441. The fourth-order valence-electron chi connectivity index (χ4n) is 3.69. The van der Waals surface area contributed by atoms with Crippen molar-refractivity contribution >= 4 is 27.0 Å². The highest BCUT2D eigenvalue weighted by molar-refractivity contribution is 7.89. The third-order valence-corrected chi connectivity index (χ3v) is 7.57. The molecule has 184 valence electrons. The van der Waals surface area contributed by atoms with Gasteiger partial charge >= 0.3 is 6.61 Å². The van der Waals surface area contributed by atoms with Crippen molar-refractivity contribution in [3.8, 4) is 5.75 Å². The number of hydrogen-bond donors (Lipinski definition) is 1. The number of benzene rings is 2. The second-order valence-corrected chi connectivity index (χ2v) is 9.53. The molecule has 2 aromatic carbocycles. The Morgan fingerprint density at radius 2 is 1.88 bits per heavy atom. The Labute approximate surface area is 197 Å². The molecule has 0 unspecified atom stereocenters. The molecule has 0 fully saturated rings. The smallest absolute Gasteiger partial charge is 0.387 e. The van der Waals surface area contributed by atoms with Crippen LogP contribution >= 0.6 is 0 Å². The highest BCUT2D eigenvalue weighted by Gasteiger charge is 2.23. The zero-order chi connectivity index (χ0) is 24.9. The third-order valence-electron chi connectivity index (χ3n) is 5.53. The molecule has 0 atom stereocenters. The van der Waals surface area contributed by atoms with E-state index in [2.05, 4.69) is 15.0 Å². The van der Waals surface area contributed by atoms with Gasteiger partial charge in [-0.3, -0.25) is 4.79 Å². The largest absolute Gasteiger partial charge is 0.434 e. The van der Waals surface area contributed by atoms with Gasteiger partial charge in [-0.05, 0) is 24.3 Å². The summed E-state index contributed by atoms with van der Waals surface area (Å²) >= 11 is 0. The SMILES string of the molecule is CCN(CC)S(=O)(=O)c1ccc2c(c1)nc(CCC(=O)NCc1ccccc1OC(F)F)n2C. The number of aryl methyl sites for hydroxylation is 2. The molecule has 0 saturated heterocycles. The molecule has 1 heterocycles. The average molecular weight is 495 g/mol. The highest BCUT2D eigenvalue weighted by atomic mass is 32.2. The van der Waals surface area contributed by atoms with E-state index in [4.69, 9.17) is 0 Å². The van der Waals surface area contributed by atoms with Crippen LogP contribution in [0.3, 0.4) is 0 Å². The summed E-state index contributed by atoms with van der Waals surface area (Å²) in [5.74, 6) is 0.372. The summed E-state index contributed by atoms with van der Waals surface area (Å²) in [6, 6.07) is 11.1. The lowest BCUT2D eigenvalue weighted by Gasteiger charge is -2.18. The Morgan fingerprint density at radius 1 is 1.18 bits per heavy atom. The first-order valence-electron chi connectivity index (χ1n) is 10.9. The standard InChI is InChI=1S/C23H28F2N4O4S/c1-4-29(5-2)34(31,32)17-10-11-19-18(14-17)27-21(28(19)3)12-13-22(30)26-15-16-8-6-7-9-20(16)33-23(24)25/h6-11,14,23H,4-5,12-13,15H2,1-3H3,(H,26,30). The van der Waals surface area contributed by atoms with E-state index in [0.29, 0.717) is 36.4 Å². The van der Waals surface area contributed by atoms with Gasteiger partial charge in [-0.15, -0.1) is 0 Å². The summed E-state index contributed by atoms with van der Waals surface area (Å²) in [5.41, 5.74) is 1.73. The van der Waals surface area contributed by atoms with Crippen LogP contribution in [0.25, 0.3) is 11.0 Å². The lowest BCUT2D eigenvalue weighted by Crippen LogP contribution is -2.30. The molecule has 0 spiro atoms. The lowest BCUT2D eigenvalue weighted by atomic mass is 10.2. The van der Waals surface area contributed by atoms with Gasteiger partial charge in [0.05, 0.1) is 15.9 Å². The molecular weight excluding hydrogens is 466 g/mol. The molecule has 1 N–H and O–H groups in total. The second kappa shape index (κ2) is 10.9. The Balaban J connectivity index is 1.68. The van der Waals surface area contributed by atoms with Gasteiger partial charge in [0, 0.05) is 45.1 Å². The molecule has 0 aliphatic carbocycles. The van der Waals surface area contributed by atoms with E-state index in [1.807, 2.05) is 4.57 Å². The van der Waals surface area contributed by atoms with Crippen LogP contribution in [-0.4, -0.2) is 47.9 Å². The molecular formula is C23H28F2N4O4S. The normalized spacial score (nSPS) is 12.0. The number of aromatic nitrogens is 2. The van der Waals surface area contributed by atoms with Gasteiger partial charge in [-0.1, -0.05) is 32.0 Å². The number of para-hydroxylation sites is 1.